The Balaban J connectivity index is 2.50. The van der Waals surface area contributed by atoms with Crippen molar-refractivity contribution < 1.29 is 4.79 Å². The molecule has 1 aromatic heterocycles. The van der Waals surface area contributed by atoms with Gasteiger partial charge in [0.15, 0.2) is 0 Å². The van der Waals surface area contributed by atoms with E-state index in [1.165, 1.54) is 6.20 Å². The predicted molar refractivity (Wildman–Crippen MR) is 42.2 cm³/mol. The van der Waals surface area contributed by atoms with Gasteiger partial charge in [-0.05, 0) is 6.92 Å². The molecule has 3 N–H and O–H groups in total. The lowest BCUT2D eigenvalue weighted by Gasteiger charge is -2.02. The molecule has 1 amide bonds. The molecule has 60 valence electrons. The molecule has 0 radical (unpaired) electrons. The molecule has 0 aliphatic carbocycles. The van der Waals surface area contributed by atoms with Crippen molar-refractivity contribution in [3.8, 4) is 0 Å². The fraction of sp³-hybridized carbons (Fsp3) is 0.400. The van der Waals surface area contributed by atoms with E-state index in [1.807, 2.05) is 0 Å². The summed E-state index contributed by atoms with van der Waals surface area (Å²) in [6.07, 6.45) is 1.48. The van der Waals surface area contributed by atoms with Gasteiger partial charge in [0.25, 0.3) is 0 Å². The summed E-state index contributed by atoms with van der Waals surface area (Å²) in [5, 5.41) is 6.72. The number of nitrogens with two attached hydrogens (primary N) is 1. The Hall–Kier alpha value is -1.01. The number of rotatable bonds is 2. The molecular weight excluding hydrogens is 164 g/mol. The van der Waals surface area contributed by atoms with Crippen LogP contribution < -0.4 is 11.1 Å². The van der Waals surface area contributed by atoms with Crippen molar-refractivity contribution in [1.29, 1.82) is 0 Å². The van der Waals surface area contributed by atoms with Crippen molar-refractivity contribution in [1.82, 2.24) is 9.59 Å². The summed E-state index contributed by atoms with van der Waals surface area (Å²) < 4.78 is 3.57. The highest BCUT2D eigenvalue weighted by atomic mass is 32.1. The van der Waals surface area contributed by atoms with E-state index in [0.717, 1.165) is 11.5 Å². The van der Waals surface area contributed by atoms with E-state index in [2.05, 4.69) is 14.9 Å². The predicted octanol–water partition coefficient (Wildman–Crippen LogP) is -0.176. The minimum absolute atomic E-state index is 0.226. The molecular formula is C5H8N4OS. The fourth-order valence-corrected chi connectivity index (χ4v) is 0.880. The Bertz CT molecular complexity index is 233. The van der Waals surface area contributed by atoms with Gasteiger partial charge in [-0.25, -0.2) is 0 Å². The van der Waals surface area contributed by atoms with Gasteiger partial charge in [-0.15, -0.1) is 5.10 Å². The topological polar surface area (TPSA) is 80.9 Å². The number of hydrogen-bond acceptors (Lipinski definition) is 5. The maximum Gasteiger partial charge on any atom is 0.241 e. The normalized spacial score (nSPS) is 12.5. The number of carbonyl (C=O) groups is 1. The zero-order valence-corrected chi connectivity index (χ0v) is 6.76. The molecule has 0 aliphatic rings. The molecule has 0 aromatic carbocycles. The van der Waals surface area contributed by atoms with Crippen LogP contribution in [0.4, 0.5) is 5.00 Å². The van der Waals surface area contributed by atoms with Gasteiger partial charge in [-0.3, -0.25) is 4.79 Å². The minimum atomic E-state index is -0.503. The molecule has 0 fully saturated rings. The number of hydrogen-bond donors (Lipinski definition) is 2. The number of anilines is 1. The van der Waals surface area contributed by atoms with E-state index in [9.17, 15) is 4.79 Å². The lowest BCUT2D eigenvalue weighted by molar-refractivity contribution is -0.117. The summed E-state index contributed by atoms with van der Waals surface area (Å²) in [7, 11) is 0. The van der Waals surface area contributed by atoms with E-state index in [4.69, 9.17) is 5.73 Å². The van der Waals surface area contributed by atoms with Gasteiger partial charge in [0.1, 0.15) is 5.00 Å². The maximum atomic E-state index is 10.9. The summed E-state index contributed by atoms with van der Waals surface area (Å²) in [4.78, 5) is 10.9. The monoisotopic (exact) mass is 172 g/mol. The number of aromatic nitrogens is 2. The van der Waals surface area contributed by atoms with Crippen molar-refractivity contribution in [2.45, 2.75) is 13.0 Å². The third-order valence-electron chi connectivity index (χ3n) is 1.02. The van der Waals surface area contributed by atoms with Crippen LogP contribution in [0.1, 0.15) is 6.92 Å². The average Bonchev–Trinajstić information content (AvgIpc) is 2.39. The van der Waals surface area contributed by atoms with Crippen LogP contribution in [-0.4, -0.2) is 21.5 Å². The zero-order chi connectivity index (χ0) is 8.27. The largest absolute Gasteiger partial charge is 0.320 e. The van der Waals surface area contributed by atoms with Crippen molar-refractivity contribution in [2.75, 3.05) is 5.32 Å². The average molecular weight is 172 g/mol. The molecule has 11 heavy (non-hydrogen) atoms. The molecule has 0 spiro atoms. The highest BCUT2D eigenvalue weighted by Gasteiger charge is 2.07. The second kappa shape index (κ2) is 3.40. The lowest BCUT2D eigenvalue weighted by atomic mass is 10.3. The van der Waals surface area contributed by atoms with Gasteiger partial charge in [0.2, 0.25) is 5.91 Å². The fourth-order valence-electron chi connectivity index (χ4n) is 0.457. The Kier molecular flexibility index (Phi) is 2.50. The van der Waals surface area contributed by atoms with Gasteiger partial charge < -0.3 is 11.1 Å². The smallest absolute Gasteiger partial charge is 0.241 e. The summed E-state index contributed by atoms with van der Waals surface area (Å²) in [6.45, 7) is 1.61. The molecule has 0 saturated carbocycles. The lowest BCUT2D eigenvalue weighted by Crippen LogP contribution is -2.32. The van der Waals surface area contributed by atoms with Gasteiger partial charge in [-0.2, -0.15) is 0 Å². The van der Waals surface area contributed by atoms with E-state index in [0.29, 0.717) is 5.00 Å². The van der Waals surface area contributed by atoms with Gasteiger partial charge in [0, 0.05) is 11.5 Å². The first-order valence-electron chi connectivity index (χ1n) is 3.04. The number of nitrogens with zero attached hydrogens (tertiary/aromatic N) is 2. The van der Waals surface area contributed by atoms with Crippen LogP contribution >= 0.6 is 11.5 Å². The molecule has 1 atom stereocenters. The van der Waals surface area contributed by atoms with E-state index < -0.39 is 6.04 Å². The first-order chi connectivity index (χ1) is 5.20. The molecule has 5 nitrogen and oxygen atoms in total. The maximum absolute atomic E-state index is 10.9. The highest BCUT2D eigenvalue weighted by Crippen LogP contribution is 2.08. The van der Waals surface area contributed by atoms with Crippen LogP contribution in [0.5, 0.6) is 0 Å². The highest BCUT2D eigenvalue weighted by molar-refractivity contribution is 7.10. The summed E-state index contributed by atoms with van der Waals surface area (Å²) in [5.74, 6) is -0.226. The van der Waals surface area contributed by atoms with Crippen molar-refractivity contribution in [3.05, 3.63) is 6.20 Å². The number of nitrogens with one attached hydrogen (secondary N) is 1. The van der Waals surface area contributed by atoms with Crippen molar-refractivity contribution in [3.63, 3.8) is 0 Å². The van der Waals surface area contributed by atoms with Crippen LogP contribution in [0.25, 0.3) is 0 Å². The first kappa shape index (κ1) is 8.09. The van der Waals surface area contributed by atoms with Crippen LogP contribution in [0.3, 0.4) is 0 Å². The van der Waals surface area contributed by atoms with Crippen molar-refractivity contribution >= 4 is 22.4 Å². The molecule has 6 heteroatoms. The number of amides is 1. The Morgan fingerprint density at radius 1 is 1.91 bits per heavy atom. The van der Waals surface area contributed by atoms with Crippen molar-refractivity contribution in [2.24, 2.45) is 5.73 Å². The Morgan fingerprint density at radius 3 is 3.09 bits per heavy atom. The molecule has 1 heterocycles. The zero-order valence-electron chi connectivity index (χ0n) is 5.94. The van der Waals surface area contributed by atoms with Gasteiger partial charge >= 0.3 is 0 Å². The Labute approximate surface area is 67.8 Å². The third-order valence-corrected chi connectivity index (χ3v) is 1.60. The van der Waals surface area contributed by atoms with E-state index >= 15 is 0 Å². The standard InChI is InChI=1S/C5H8N4OS/c1-3(6)5(10)8-4-2-7-9-11-4/h2-3H,6H2,1H3,(H,8,10)/t3-/m1/s1. The SMILES string of the molecule is C[C@@H](N)C(=O)Nc1cnns1. The number of carbonyl (C=O) groups excluding carboxylic acids is 1. The van der Waals surface area contributed by atoms with Crippen LogP contribution in [0.15, 0.2) is 6.20 Å². The quantitative estimate of drug-likeness (QED) is 0.648. The summed E-state index contributed by atoms with van der Waals surface area (Å²) in [5.41, 5.74) is 5.30. The first-order valence-corrected chi connectivity index (χ1v) is 3.81. The molecule has 1 rings (SSSR count). The molecule has 0 unspecified atom stereocenters. The minimum Gasteiger partial charge on any atom is -0.320 e. The Morgan fingerprint density at radius 2 is 2.64 bits per heavy atom. The van der Waals surface area contributed by atoms with Crippen LogP contribution in [0.2, 0.25) is 0 Å². The second-order valence-corrected chi connectivity index (χ2v) is 2.85. The molecule has 0 bridgehead atoms. The van der Waals surface area contributed by atoms with Crippen LogP contribution in [-0.2, 0) is 4.79 Å². The second-order valence-electron chi connectivity index (χ2n) is 2.06. The van der Waals surface area contributed by atoms with E-state index in [1.54, 1.807) is 6.92 Å². The van der Waals surface area contributed by atoms with Gasteiger partial charge in [0.05, 0.1) is 12.2 Å². The van der Waals surface area contributed by atoms with Gasteiger partial charge in [-0.1, -0.05) is 4.49 Å². The van der Waals surface area contributed by atoms with Crippen LogP contribution in [0, 0.1) is 0 Å². The molecule has 0 aliphatic heterocycles. The third kappa shape index (κ3) is 2.24. The van der Waals surface area contributed by atoms with E-state index in [-0.39, 0.29) is 5.91 Å². The summed E-state index contributed by atoms with van der Waals surface area (Å²) in [6, 6.07) is -0.503. The molecule has 0 saturated heterocycles. The molecule has 1 aromatic rings. The summed E-state index contributed by atoms with van der Waals surface area (Å²) >= 11 is 1.12.